The quantitative estimate of drug-likeness (QED) is 0.356. The van der Waals surface area contributed by atoms with Crippen molar-refractivity contribution in [3.63, 3.8) is 0 Å². The summed E-state index contributed by atoms with van der Waals surface area (Å²) in [4.78, 5) is 14.6. The van der Waals surface area contributed by atoms with E-state index in [9.17, 15) is 9.00 Å². The van der Waals surface area contributed by atoms with Crippen molar-refractivity contribution < 1.29 is 9.00 Å². The maximum Gasteiger partial charge on any atom is 0.140 e. The highest BCUT2D eigenvalue weighted by atomic mass is 35.5. The molecule has 0 bridgehead atoms. The Bertz CT molecular complexity index is 827. The molecule has 0 heterocycles. The number of hydrogen-bond donors (Lipinski definition) is 0. The summed E-state index contributed by atoms with van der Waals surface area (Å²) >= 11 is 5.91. The smallest absolute Gasteiger partial charge is 0.140 e. The maximum atomic E-state index is 13.4. The van der Waals surface area contributed by atoms with Crippen molar-refractivity contribution in [1.29, 1.82) is 0 Å². The molecule has 2 aromatic rings. The number of alkyl halides is 1. The summed E-state index contributed by atoms with van der Waals surface area (Å²) < 4.78 is 13.4. The van der Waals surface area contributed by atoms with E-state index in [1.165, 1.54) is 0 Å². The summed E-state index contributed by atoms with van der Waals surface area (Å²) in [5.41, 5.74) is 2.03. The van der Waals surface area contributed by atoms with Gasteiger partial charge in [-0.25, -0.2) is 4.21 Å². The van der Waals surface area contributed by atoms with E-state index in [0.29, 0.717) is 12.3 Å². The molecule has 0 aliphatic rings. The Morgan fingerprint density at radius 1 is 1.10 bits per heavy atom. The van der Waals surface area contributed by atoms with Gasteiger partial charge in [-0.3, -0.25) is 4.79 Å². The molecule has 0 N–H and O–H groups in total. The molecule has 0 radical (unpaired) electrons. The lowest BCUT2D eigenvalue weighted by molar-refractivity contribution is -0.121. The van der Waals surface area contributed by atoms with Crippen molar-refractivity contribution in [2.75, 3.05) is 5.88 Å². The molecule has 0 amide bonds. The second-order valence-corrected chi connectivity index (χ2v) is 10.4. The summed E-state index contributed by atoms with van der Waals surface area (Å²) in [6.07, 6.45) is 4.00. The highest BCUT2D eigenvalue weighted by molar-refractivity contribution is 7.85. The van der Waals surface area contributed by atoms with Crippen LogP contribution in [0, 0.1) is 12.3 Å². The van der Waals surface area contributed by atoms with Gasteiger partial charge in [0, 0.05) is 28.0 Å². The monoisotopic (exact) mass is 432 g/mol. The van der Waals surface area contributed by atoms with Crippen LogP contribution in [0.4, 0.5) is 0 Å². The van der Waals surface area contributed by atoms with Crippen molar-refractivity contribution in [2.45, 2.75) is 75.5 Å². The first-order chi connectivity index (χ1) is 13.8. The minimum atomic E-state index is -1.31. The minimum Gasteiger partial charge on any atom is -0.299 e. The predicted molar refractivity (Wildman–Crippen MR) is 123 cm³/mol. The minimum absolute atomic E-state index is 0.0125. The summed E-state index contributed by atoms with van der Waals surface area (Å²) in [6, 6.07) is 15.5. The number of halogens is 1. The van der Waals surface area contributed by atoms with E-state index in [0.717, 1.165) is 46.6 Å². The standard InChI is InChI=1S/C25H33ClO2S/c1-5-9-23(27)22(18-25(3,4)16-8-17-26)21-10-6-7-11-24(21)29(28)20-14-12-19(2)13-15-20/h6-7,10-15,22H,5,8-9,16-18H2,1-4H3/t22-,29-/m0/s1. The highest BCUT2D eigenvalue weighted by Gasteiger charge is 2.31. The van der Waals surface area contributed by atoms with E-state index in [2.05, 4.69) is 13.8 Å². The number of carbonyl (C=O) groups excluding carboxylic acids is 1. The van der Waals surface area contributed by atoms with Crippen LogP contribution in [0.2, 0.25) is 0 Å². The van der Waals surface area contributed by atoms with Crippen LogP contribution in [-0.4, -0.2) is 15.9 Å². The van der Waals surface area contributed by atoms with E-state index in [4.69, 9.17) is 11.6 Å². The van der Waals surface area contributed by atoms with Crippen LogP contribution in [0.5, 0.6) is 0 Å². The topological polar surface area (TPSA) is 34.1 Å². The van der Waals surface area contributed by atoms with Crippen molar-refractivity contribution >= 4 is 28.2 Å². The molecular weight excluding hydrogens is 400 g/mol. The van der Waals surface area contributed by atoms with Gasteiger partial charge in [0.1, 0.15) is 5.78 Å². The first kappa shape index (κ1) is 23.8. The molecule has 0 aromatic heterocycles. The molecule has 0 saturated heterocycles. The second-order valence-electron chi connectivity index (χ2n) is 8.55. The molecule has 0 fully saturated rings. The largest absolute Gasteiger partial charge is 0.299 e. The predicted octanol–water partition coefficient (Wildman–Crippen LogP) is 7.05. The van der Waals surface area contributed by atoms with Gasteiger partial charge in [-0.2, -0.15) is 0 Å². The Hall–Kier alpha value is -1.45. The van der Waals surface area contributed by atoms with Gasteiger partial charge in [-0.05, 0) is 61.8 Å². The molecule has 2 nitrogen and oxygen atoms in total. The third kappa shape index (κ3) is 6.79. The molecule has 158 valence electrons. The number of Topliss-reactive ketones (excluding diaryl/α,β-unsaturated/α-hetero) is 1. The number of rotatable bonds is 11. The number of aryl methyl sites for hydroxylation is 1. The van der Waals surface area contributed by atoms with Crippen molar-refractivity contribution in [3.8, 4) is 0 Å². The molecule has 2 aromatic carbocycles. The van der Waals surface area contributed by atoms with Gasteiger partial charge in [-0.1, -0.05) is 56.7 Å². The van der Waals surface area contributed by atoms with Crippen LogP contribution in [0.1, 0.15) is 69.9 Å². The fourth-order valence-corrected chi connectivity index (χ4v) is 5.14. The summed E-state index contributed by atoms with van der Waals surface area (Å²) in [5, 5.41) is 0. The lowest BCUT2D eigenvalue weighted by Crippen LogP contribution is -2.23. The number of benzene rings is 2. The molecule has 0 spiro atoms. The van der Waals surface area contributed by atoms with Gasteiger partial charge >= 0.3 is 0 Å². The Kier molecular flexibility index (Phi) is 9.10. The fourth-order valence-electron chi connectivity index (χ4n) is 3.74. The number of carbonyl (C=O) groups is 1. The van der Waals surface area contributed by atoms with Gasteiger partial charge in [0.25, 0.3) is 0 Å². The molecule has 0 aliphatic carbocycles. The Labute approximate surface area is 183 Å². The third-order valence-corrected chi connectivity index (χ3v) is 7.10. The first-order valence-electron chi connectivity index (χ1n) is 10.4. The molecular formula is C25H33ClO2S. The average Bonchev–Trinajstić information content (AvgIpc) is 2.71. The Balaban J connectivity index is 2.44. The zero-order valence-electron chi connectivity index (χ0n) is 18.0. The van der Waals surface area contributed by atoms with Crippen molar-refractivity contribution in [2.24, 2.45) is 5.41 Å². The zero-order valence-corrected chi connectivity index (χ0v) is 19.6. The molecule has 0 aliphatic heterocycles. The van der Waals surface area contributed by atoms with Crippen LogP contribution in [0.3, 0.4) is 0 Å². The van der Waals surface area contributed by atoms with E-state index < -0.39 is 10.8 Å². The molecule has 0 saturated carbocycles. The van der Waals surface area contributed by atoms with E-state index in [-0.39, 0.29) is 17.1 Å². The van der Waals surface area contributed by atoms with Gasteiger partial charge < -0.3 is 0 Å². The normalized spacial score (nSPS) is 13.8. The van der Waals surface area contributed by atoms with Crippen LogP contribution < -0.4 is 0 Å². The fraction of sp³-hybridized carbons (Fsp3) is 0.480. The lowest BCUT2D eigenvalue weighted by atomic mass is 9.75. The van der Waals surface area contributed by atoms with Gasteiger partial charge in [0.15, 0.2) is 0 Å². The zero-order chi connectivity index (χ0) is 21.4. The van der Waals surface area contributed by atoms with Gasteiger partial charge in [0.05, 0.1) is 10.8 Å². The summed E-state index contributed by atoms with van der Waals surface area (Å²) in [7, 11) is -1.31. The number of hydrogen-bond acceptors (Lipinski definition) is 2. The summed E-state index contributed by atoms with van der Waals surface area (Å²) in [6.45, 7) is 8.45. The first-order valence-corrected chi connectivity index (χ1v) is 12.1. The Morgan fingerprint density at radius 2 is 1.76 bits per heavy atom. The van der Waals surface area contributed by atoms with Crippen molar-refractivity contribution in [1.82, 2.24) is 0 Å². The van der Waals surface area contributed by atoms with Crippen LogP contribution in [0.15, 0.2) is 58.3 Å². The van der Waals surface area contributed by atoms with Gasteiger partial charge in [0.2, 0.25) is 0 Å². The summed E-state index contributed by atoms with van der Waals surface area (Å²) in [5.74, 6) is 0.621. The lowest BCUT2D eigenvalue weighted by Gasteiger charge is -2.30. The number of ketones is 1. The Morgan fingerprint density at radius 3 is 2.38 bits per heavy atom. The average molecular weight is 433 g/mol. The molecule has 4 heteroatoms. The maximum absolute atomic E-state index is 13.4. The second kappa shape index (κ2) is 11.1. The molecule has 2 rings (SSSR count). The van der Waals surface area contributed by atoms with Crippen LogP contribution >= 0.6 is 11.6 Å². The van der Waals surface area contributed by atoms with Gasteiger partial charge in [-0.15, -0.1) is 11.6 Å². The van der Waals surface area contributed by atoms with Crippen LogP contribution in [0.25, 0.3) is 0 Å². The van der Waals surface area contributed by atoms with Crippen LogP contribution in [-0.2, 0) is 15.6 Å². The molecule has 0 unspecified atom stereocenters. The van der Waals surface area contributed by atoms with E-state index in [1.54, 1.807) is 0 Å². The molecule has 2 atom stereocenters. The highest BCUT2D eigenvalue weighted by Crippen LogP contribution is 2.39. The third-order valence-electron chi connectivity index (χ3n) is 5.36. The van der Waals surface area contributed by atoms with E-state index in [1.807, 2.05) is 62.4 Å². The van der Waals surface area contributed by atoms with Crippen molar-refractivity contribution in [3.05, 3.63) is 59.7 Å². The molecule has 29 heavy (non-hydrogen) atoms. The SMILES string of the molecule is CCCC(=O)[C@@H](CC(C)(C)CCCCl)c1ccccc1[S@@](=O)c1ccc(C)cc1. The van der Waals surface area contributed by atoms with E-state index >= 15 is 0 Å².